The van der Waals surface area contributed by atoms with Crippen molar-refractivity contribution < 1.29 is 28.6 Å². The van der Waals surface area contributed by atoms with Gasteiger partial charge in [0, 0.05) is 0 Å². The molecule has 0 saturated heterocycles. The van der Waals surface area contributed by atoms with Gasteiger partial charge < -0.3 is 19.5 Å². The molecule has 0 spiro atoms. The fourth-order valence-electron chi connectivity index (χ4n) is 2.61. The second-order valence-corrected chi connectivity index (χ2v) is 7.23. The van der Waals surface area contributed by atoms with E-state index in [1.807, 2.05) is 25.1 Å². The van der Waals surface area contributed by atoms with Gasteiger partial charge in [-0.1, -0.05) is 31.7 Å². The van der Waals surface area contributed by atoms with Crippen LogP contribution in [-0.4, -0.2) is 37.7 Å². The number of nitrogens with one attached hydrogen (secondary N) is 1. The van der Waals surface area contributed by atoms with Crippen molar-refractivity contribution in [2.75, 3.05) is 25.1 Å². The van der Waals surface area contributed by atoms with Crippen LogP contribution in [0.3, 0.4) is 0 Å². The van der Waals surface area contributed by atoms with E-state index in [0.29, 0.717) is 11.3 Å². The molecule has 0 atom stereocenters. The van der Waals surface area contributed by atoms with Crippen molar-refractivity contribution in [1.82, 2.24) is 0 Å². The number of benzene rings is 1. The molecule has 1 amide bonds. The van der Waals surface area contributed by atoms with Gasteiger partial charge in [-0.2, -0.15) is 0 Å². The lowest BCUT2D eigenvalue weighted by atomic mass is 10.1. The molecular weight excluding hydrogens is 406 g/mol. The Morgan fingerprint density at radius 1 is 1.17 bits per heavy atom. The molecule has 1 N–H and O–H groups in total. The molecule has 2 aromatic rings. The van der Waals surface area contributed by atoms with E-state index in [4.69, 9.17) is 14.2 Å². The van der Waals surface area contributed by atoms with Gasteiger partial charge >= 0.3 is 11.9 Å². The highest BCUT2D eigenvalue weighted by Gasteiger charge is 2.27. The number of hydrogen-bond donors (Lipinski definition) is 1. The van der Waals surface area contributed by atoms with Crippen LogP contribution in [0.1, 0.15) is 45.0 Å². The lowest BCUT2D eigenvalue weighted by Gasteiger charge is -2.09. The molecule has 8 heteroatoms. The molecule has 0 bridgehead atoms. The number of hydrogen-bond acceptors (Lipinski definition) is 7. The molecule has 30 heavy (non-hydrogen) atoms. The van der Waals surface area contributed by atoms with Gasteiger partial charge in [-0.15, -0.1) is 11.3 Å². The summed E-state index contributed by atoms with van der Waals surface area (Å²) in [5.74, 6) is -1.11. The molecule has 0 unspecified atom stereocenters. The molecule has 0 saturated carbocycles. The molecule has 1 aromatic heterocycles. The number of esters is 2. The first-order valence-corrected chi connectivity index (χ1v) is 10.3. The second-order valence-electron chi connectivity index (χ2n) is 6.21. The first-order valence-electron chi connectivity index (χ1n) is 9.51. The Kier molecular flexibility index (Phi) is 8.61. The van der Waals surface area contributed by atoms with E-state index in [1.54, 1.807) is 19.9 Å². The van der Waals surface area contributed by atoms with E-state index < -0.39 is 17.8 Å². The summed E-state index contributed by atoms with van der Waals surface area (Å²) in [6.07, 6.45) is 2.30. The van der Waals surface area contributed by atoms with E-state index >= 15 is 0 Å². The maximum absolute atomic E-state index is 12.4. The molecule has 1 heterocycles. The lowest BCUT2D eigenvalue weighted by molar-refractivity contribution is -0.118. The summed E-state index contributed by atoms with van der Waals surface area (Å²) in [7, 11) is 0. The minimum atomic E-state index is -0.624. The number of anilines is 1. The van der Waals surface area contributed by atoms with Crippen LogP contribution in [0.25, 0.3) is 0 Å². The SMILES string of the molecule is C=CCOC(=O)c1sc(NC(=O)COc2cccc(CC)c2)c(C(=O)OCC)c1C. The summed E-state index contributed by atoms with van der Waals surface area (Å²) in [5.41, 5.74) is 1.61. The fourth-order valence-corrected chi connectivity index (χ4v) is 3.72. The van der Waals surface area contributed by atoms with E-state index in [0.717, 1.165) is 23.3 Å². The van der Waals surface area contributed by atoms with Gasteiger partial charge in [0.05, 0.1) is 12.2 Å². The summed E-state index contributed by atoms with van der Waals surface area (Å²) >= 11 is 0.958. The van der Waals surface area contributed by atoms with Gasteiger partial charge in [0.15, 0.2) is 6.61 Å². The average Bonchev–Trinajstić information content (AvgIpc) is 3.06. The highest BCUT2D eigenvalue weighted by Crippen LogP contribution is 2.34. The van der Waals surface area contributed by atoms with Crippen LogP contribution in [0.5, 0.6) is 5.75 Å². The first-order chi connectivity index (χ1) is 14.4. The molecule has 0 aliphatic heterocycles. The molecule has 2 rings (SSSR count). The third-order valence-corrected chi connectivity index (χ3v) is 5.26. The monoisotopic (exact) mass is 431 g/mol. The number of rotatable bonds is 10. The zero-order valence-electron chi connectivity index (χ0n) is 17.3. The van der Waals surface area contributed by atoms with E-state index in [9.17, 15) is 14.4 Å². The van der Waals surface area contributed by atoms with E-state index in [2.05, 4.69) is 11.9 Å². The molecular formula is C22H25NO6S. The summed E-state index contributed by atoms with van der Waals surface area (Å²) in [4.78, 5) is 37.3. The second kappa shape index (κ2) is 11.2. The van der Waals surface area contributed by atoms with Crippen LogP contribution >= 0.6 is 11.3 Å². The van der Waals surface area contributed by atoms with Crippen LogP contribution in [-0.2, 0) is 20.7 Å². The normalized spacial score (nSPS) is 10.2. The lowest BCUT2D eigenvalue weighted by Crippen LogP contribution is -2.21. The molecule has 0 radical (unpaired) electrons. The average molecular weight is 432 g/mol. The predicted octanol–water partition coefficient (Wildman–Crippen LogP) is 4.16. The van der Waals surface area contributed by atoms with Gasteiger partial charge in [-0.05, 0) is 43.5 Å². The van der Waals surface area contributed by atoms with Crippen molar-refractivity contribution in [3.05, 3.63) is 58.5 Å². The van der Waals surface area contributed by atoms with Crippen LogP contribution < -0.4 is 10.1 Å². The van der Waals surface area contributed by atoms with Crippen LogP contribution in [0.4, 0.5) is 5.00 Å². The van der Waals surface area contributed by atoms with Gasteiger partial charge in [-0.25, -0.2) is 9.59 Å². The summed E-state index contributed by atoms with van der Waals surface area (Å²) < 4.78 is 15.7. The van der Waals surface area contributed by atoms with Crippen molar-refractivity contribution in [2.24, 2.45) is 0 Å². The molecule has 7 nitrogen and oxygen atoms in total. The van der Waals surface area contributed by atoms with E-state index in [-0.39, 0.29) is 35.3 Å². The Morgan fingerprint density at radius 2 is 1.93 bits per heavy atom. The summed E-state index contributed by atoms with van der Waals surface area (Å²) in [6, 6.07) is 7.45. The maximum Gasteiger partial charge on any atom is 0.348 e. The Morgan fingerprint density at radius 3 is 2.60 bits per heavy atom. The van der Waals surface area contributed by atoms with Gasteiger partial charge in [-0.3, -0.25) is 4.79 Å². The van der Waals surface area contributed by atoms with Crippen molar-refractivity contribution in [3.8, 4) is 5.75 Å². The summed E-state index contributed by atoms with van der Waals surface area (Å²) in [5, 5.41) is 2.86. The third-order valence-electron chi connectivity index (χ3n) is 4.07. The number of carbonyl (C=O) groups is 3. The highest BCUT2D eigenvalue weighted by atomic mass is 32.1. The first kappa shape index (κ1) is 23.2. The number of thiophene rings is 1. The van der Waals surface area contributed by atoms with Crippen LogP contribution in [0.2, 0.25) is 0 Å². The smallest absolute Gasteiger partial charge is 0.348 e. The van der Waals surface area contributed by atoms with E-state index in [1.165, 1.54) is 6.08 Å². The van der Waals surface area contributed by atoms with Gasteiger partial charge in [0.25, 0.3) is 5.91 Å². The van der Waals surface area contributed by atoms with Gasteiger partial charge in [0.2, 0.25) is 0 Å². The Labute approximate surface area is 179 Å². The van der Waals surface area contributed by atoms with Crippen LogP contribution in [0.15, 0.2) is 36.9 Å². The Hall–Kier alpha value is -3.13. The standard InChI is InChI=1S/C22H25NO6S/c1-5-11-28-22(26)19-14(4)18(21(25)27-7-3)20(30-19)23-17(24)13-29-16-10-8-9-15(6-2)12-16/h5,8-10,12H,1,6-7,11,13H2,2-4H3,(H,23,24). The van der Waals surface area contributed by atoms with Crippen molar-refractivity contribution in [1.29, 1.82) is 0 Å². The molecule has 0 fully saturated rings. The topological polar surface area (TPSA) is 90.9 Å². The third kappa shape index (κ3) is 5.93. The largest absolute Gasteiger partial charge is 0.484 e. The Balaban J connectivity index is 2.18. The maximum atomic E-state index is 12.4. The van der Waals surface area contributed by atoms with Crippen molar-refractivity contribution in [2.45, 2.75) is 27.2 Å². The summed E-state index contributed by atoms with van der Waals surface area (Å²) in [6.45, 7) is 8.76. The molecule has 0 aliphatic carbocycles. The number of carbonyl (C=O) groups excluding carboxylic acids is 3. The number of ether oxygens (including phenoxy) is 3. The zero-order valence-corrected chi connectivity index (χ0v) is 18.1. The minimum absolute atomic E-state index is 0.0390. The zero-order chi connectivity index (χ0) is 22.1. The number of amides is 1. The number of aryl methyl sites for hydroxylation is 1. The molecule has 160 valence electrons. The molecule has 0 aliphatic rings. The minimum Gasteiger partial charge on any atom is -0.484 e. The fraction of sp³-hybridized carbons (Fsp3) is 0.318. The quantitative estimate of drug-likeness (QED) is 0.449. The predicted molar refractivity (Wildman–Crippen MR) is 115 cm³/mol. The molecule has 1 aromatic carbocycles. The van der Waals surface area contributed by atoms with Gasteiger partial charge in [0.1, 0.15) is 22.2 Å². The van der Waals surface area contributed by atoms with Crippen molar-refractivity contribution in [3.63, 3.8) is 0 Å². The van der Waals surface area contributed by atoms with Crippen LogP contribution in [0, 0.1) is 6.92 Å². The Bertz CT molecular complexity index is 934. The van der Waals surface area contributed by atoms with Crippen molar-refractivity contribution >= 4 is 34.2 Å². The highest BCUT2D eigenvalue weighted by molar-refractivity contribution is 7.18.